The van der Waals surface area contributed by atoms with Crippen LogP contribution >= 0.6 is 0 Å². The first-order chi connectivity index (χ1) is 12.1. The molecule has 5 heteroatoms. The van der Waals surface area contributed by atoms with E-state index in [4.69, 9.17) is 4.74 Å². The number of hydrogen-bond acceptors (Lipinski definition) is 3. The molecule has 0 fully saturated rings. The first-order valence-electron chi connectivity index (χ1n) is 7.75. The van der Waals surface area contributed by atoms with Crippen molar-refractivity contribution in [3.63, 3.8) is 0 Å². The summed E-state index contributed by atoms with van der Waals surface area (Å²) in [6.45, 7) is 3.92. The van der Waals surface area contributed by atoms with Crippen molar-refractivity contribution in [3.05, 3.63) is 78.4 Å². The standard InChI is InChI=1S/C20H20N2O3/c1-3-14-21-20(24)17-6-4-5-7-18(17)22-19(23)13-10-15-8-11-16(25-2)12-9-15/h3-13H,1,14H2,2H3,(H,21,24)(H,22,23)/b13-10+. The number of methoxy groups -OCH3 is 1. The first-order valence-corrected chi connectivity index (χ1v) is 7.75. The van der Waals surface area contributed by atoms with Crippen molar-refractivity contribution in [1.29, 1.82) is 0 Å². The minimum absolute atomic E-state index is 0.269. The zero-order valence-electron chi connectivity index (χ0n) is 14.0. The summed E-state index contributed by atoms with van der Waals surface area (Å²) < 4.78 is 5.09. The molecule has 2 aromatic carbocycles. The van der Waals surface area contributed by atoms with E-state index in [1.807, 2.05) is 24.3 Å². The number of carbonyl (C=O) groups is 2. The summed E-state index contributed by atoms with van der Waals surface area (Å²) in [4.78, 5) is 24.2. The Balaban J connectivity index is 2.05. The molecule has 2 rings (SSSR count). The Morgan fingerprint density at radius 3 is 2.52 bits per heavy atom. The Hall–Kier alpha value is -3.34. The third-order valence-corrected chi connectivity index (χ3v) is 3.38. The third kappa shape index (κ3) is 5.35. The van der Waals surface area contributed by atoms with Gasteiger partial charge in [-0.15, -0.1) is 6.58 Å². The van der Waals surface area contributed by atoms with Crippen LogP contribution in [0.4, 0.5) is 5.69 Å². The maximum atomic E-state index is 12.1. The summed E-state index contributed by atoms with van der Waals surface area (Å²) >= 11 is 0. The molecule has 0 heterocycles. The number of hydrogen-bond donors (Lipinski definition) is 2. The van der Waals surface area contributed by atoms with Gasteiger partial charge < -0.3 is 15.4 Å². The largest absolute Gasteiger partial charge is 0.497 e. The normalized spacial score (nSPS) is 10.3. The van der Waals surface area contributed by atoms with Crippen molar-refractivity contribution in [2.75, 3.05) is 19.0 Å². The molecule has 0 saturated carbocycles. The van der Waals surface area contributed by atoms with E-state index < -0.39 is 0 Å². The van der Waals surface area contributed by atoms with E-state index in [0.717, 1.165) is 11.3 Å². The summed E-state index contributed by atoms with van der Waals surface area (Å²) in [6, 6.07) is 14.2. The van der Waals surface area contributed by atoms with Crippen molar-refractivity contribution in [2.24, 2.45) is 0 Å². The molecule has 2 amide bonds. The molecule has 0 atom stereocenters. The molecule has 2 N–H and O–H groups in total. The molecule has 128 valence electrons. The predicted molar refractivity (Wildman–Crippen MR) is 99.6 cm³/mol. The maximum absolute atomic E-state index is 12.1. The topological polar surface area (TPSA) is 67.4 Å². The maximum Gasteiger partial charge on any atom is 0.253 e. The smallest absolute Gasteiger partial charge is 0.253 e. The van der Waals surface area contributed by atoms with E-state index in [1.54, 1.807) is 43.5 Å². The van der Waals surface area contributed by atoms with Gasteiger partial charge in [0.15, 0.2) is 0 Å². The Morgan fingerprint density at radius 2 is 1.84 bits per heavy atom. The Kier molecular flexibility index (Phi) is 6.54. The second-order valence-electron chi connectivity index (χ2n) is 5.14. The lowest BCUT2D eigenvalue weighted by molar-refractivity contribution is -0.111. The van der Waals surface area contributed by atoms with E-state index in [1.165, 1.54) is 6.08 Å². The van der Waals surface area contributed by atoms with Crippen LogP contribution in [0.2, 0.25) is 0 Å². The van der Waals surface area contributed by atoms with Gasteiger partial charge in [0.25, 0.3) is 5.91 Å². The summed E-state index contributed by atoms with van der Waals surface area (Å²) in [5, 5.41) is 5.42. The van der Waals surface area contributed by atoms with Crippen LogP contribution in [-0.4, -0.2) is 25.5 Å². The van der Waals surface area contributed by atoms with Crippen molar-refractivity contribution in [1.82, 2.24) is 5.32 Å². The highest BCUT2D eigenvalue weighted by Crippen LogP contribution is 2.16. The summed E-state index contributed by atoms with van der Waals surface area (Å²) in [5.41, 5.74) is 1.72. The number of rotatable bonds is 7. The van der Waals surface area contributed by atoms with Gasteiger partial charge in [0.2, 0.25) is 5.91 Å². The van der Waals surface area contributed by atoms with Gasteiger partial charge in [-0.3, -0.25) is 9.59 Å². The molecule has 0 aliphatic rings. The van der Waals surface area contributed by atoms with Gasteiger partial charge in [0.05, 0.1) is 18.4 Å². The van der Waals surface area contributed by atoms with Crippen LogP contribution in [-0.2, 0) is 4.79 Å². The van der Waals surface area contributed by atoms with Gasteiger partial charge in [-0.2, -0.15) is 0 Å². The number of anilines is 1. The molecule has 0 saturated heterocycles. The molecule has 0 aliphatic carbocycles. The average molecular weight is 336 g/mol. The number of carbonyl (C=O) groups excluding carboxylic acids is 2. The summed E-state index contributed by atoms with van der Waals surface area (Å²) in [5.74, 6) is 0.163. The minimum Gasteiger partial charge on any atom is -0.497 e. The monoisotopic (exact) mass is 336 g/mol. The van der Waals surface area contributed by atoms with Crippen molar-refractivity contribution < 1.29 is 14.3 Å². The quantitative estimate of drug-likeness (QED) is 0.602. The van der Waals surface area contributed by atoms with Gasteiger partial charge in [-0.1, -0.05) is 30.3 Å². The fraction of sp³-hybridized carbons (Fsp3) is 0.100. The van der Waals surface area contributed by atoms with E-state index in [2.05, 4.69) is 17.2 Å². The molecule has 0 radical (unpaired) electrons. The van der Waals surface area contributed by atoms with E-state index in [-0.39, 0.29) is 11.8 Å². The Morgan fingerprint density at radius 1 is 1.12 bits per heavy atom. The number of nitrogens with one attached hydrogen (secondary N) is 2. The highest BCUT2D eigenvalue weighted by Gasteiger charge is 2.11. The van der Waals surface area contributed by atoms with E-state index in [9.17, 15) is 9.59 Å². The summed E-state index contributed by atoms with van der Waals surface area (Å²) in [7, 11) is 1.60. The van der Waals surface area contributed by atoms with Gasteiger partial charge in [0, 0.05) is 12.6 Å². The molecular formula is C20H20N2O3. The average Bonchev–Trinajstić information content (AvgIpc) is 2.65. The third-order valence-electron chi connectivity index (χ3n) is 3.38. The van der Waals surface area contributed by atoms with Crippen molar-refractivity contribution >= 4 is 23.6 Å². The van der Waals surface area contributed by atoms with Crippen LogP contribution in [0.15, 0.2) is 67.3 Å². The molecule has 2 aromatic rings. The number of amides is 2. The molecule has 0 unspecified atom stereocenters. The predicted octanol–water partition coefficient (Wildman–Crippen LogP) is 3.26. The van der Waals surface area contributed by atoms with Gasteiger partial charge in [-0.25, -0.2) is 0 Å². The number of para-hydroxylation sites is 1. The van der Waals surface area contributed by atoms with Gasteiger partial charge in [0.1, 0.15) is 5.75 Å². The lowest BCUT2D eigenvalue weighted by atomic mass is 10.1. The molecule has 0 aliphatic heterocycles. The number of ether oxygens (including phenoxy) is 1. The van der Waals surface area contributed by atoms with Crippen LogP contribution < -0.4 is 15.4 Å². The lowest BCUT2D eigenvalue weighted by Gasteiger charge is -2.09. The second-order valence-corrected chi connectivity index (χ2v) is 5.14. The number of benzene rings is 2. The van der Waals surface area contributed by atoms with Gasteiger partial charge in [-0.05, 0) is 35.9 Å². The molecular weight excluding hydrogens is 316 g/mol. The van der Waals surface area contributed by atoms with Crippen LogP contribution in [0.3, 0.4) is 0 Å². The fourth-order valence-electron chi connectivity index (χ4n) is 2.11. The summed E-state index contributed by atoms with van der Waals surface area (Å²) in [6.07, 6.45) is 4.70. The highest BCUT2D eigenvalue weighted by atomic mass is 16.5. The molecule has 0 aromatic heterocycles. The zero-order chi connectivity index (χ0) is 18.1. The first kappa shape index (κ1) is 18.0. The molecule has 0 bridgehead atoms. The fourth-order valence-corrected chi connectivity index (χ4v) is 2.11. The zero-order valence-corrected chi connectivity index (χ0v) is 14.0. The Labute approximate surface area is 147 Å². The van der Waals surface area contributed by atoms with E-state index >= 15 is 0 Å². The second kappa shape index (κ2) is 9.08. The van der Waals surface area contributed by atoms with E-state index in [0.29, 0.717) is 17.8 Å². The molecule has 5 nitrogen and oxygen atoms in total. The Bertz CT molecular complexity index is 780. The SMILES string of the molecule is C=CCNC(=O)c1ccccc1NC(=O)/C=C/c1ccc(OC)cc1. The molecule has 0 spiro atoms. The van der Waals surface area contributed by atoms with Crippen LogP contribution in [0.1, 0.15) is 15.9 Å². The van der Waals surface area contributed by atoms with Gasteiger partial charge >= 0.3 is 0 Å². The van der Waals surface area contributed by atoms with Crippen molar-refractivity contribution in [3.8, 4) is 5.75 Å². The lowest BCUT2D eigenvalue weighted by Crippen LogP contribution is -2.24. The minimum atomic E-state index is -0.320. The highest BCUT2D eigenvalue weighted by molar-refractivity contribution is 6.07. The van der Waals surface area contributed by atoms with Crippen LogP contribution in [0, 0.1) is 0 Å². The molecule has 25 heavy (non-hydrogen) atoms. The van der Waals surface area contributed by atoms with Crippen LogP contribution in [0.25, 0.3) is 6.08 Å². The van der Waals surface area contributed by atoms with Crippen LogP contribution in [0.5, 0.6) is 5.75 Å². The van der Waals surface area contributed by atoms with Crippen molar-refractivity contribution in [2.45, 2.75) is 0 Å².